The molecule has 0 saturated carbocycles. The predicted octanol–water partition coefficient (Wildman–Crippen LogP) is 0.798. The minimum absolute atomic E-state index is 0.0188. The van der Waals surface area contributed by atoms with Gasteiger partial charge >= 0.3 is 11.9 Å². The molecule has 0 fully saturated rings. The van der Waals surface area contributed by atoms with Gasteiger partial charge in [0.25, 0.3) is 0 Å². The Balaban J connectivity index is 3.93. The van der Waals surface area contributed by atoms with E-state index < -0.39 is 24.1 Å². The molecule has 0 rings (SSSR count). The van der Waals surface area contributed by atoms with E-state index in [1.165, 1.54) is 0 Å². The molecule has 0 radical (unpaired) electrons. The minimum Gasteiger partial charge on any atom is -0.480 e. The zero-order chi connectivity index (χ0) is 14.4. The highest BCUT2D eigenvalue weighted by Gasteiger charge is 2.22. The van der Waals surface area contributed by atoms with Gasteiger partial charge in [-0.2, -0.15) is 0 Å². The molecule has 0 bridgehead atoms. The second-order valence-electron chi connectivity index (χ2n) is 5.71. The number of carboxylic acids is 1. The number of carbonyl (C=O) groups excluding carboxylic acids is 1. The Hall–Kier alpha value is -1.14. The molecule has 0 aliphatic rings. The van der Waals surface area contributed by atoms with Gasteiger partial charge < -0.3 is 19.9 Å². The van der Waals surface area contributed by atoms with Crippen molar-refractivity contribution in [1.82, 2.24) is 5.32 Å². The third-order valence-corrected chi connectivity index (χ3v) is 1.93. The van der Waals surface area contributed by atoms with Gasteiger partial charge in [-0.05, 0) is 34.6 Å². The standard InChI is InChI=1S/C12H23NO5/c1-11(2,3)13-6-10(16)17-8-12(4,5)18-7-9(14)15/h13H,6-8H2,1-5H3,(H,14,15). The van der Waals surface area contributed by atoms with E-state index in [0.29, 0.717) is 0 Å². The number of carbonyl (C=O) groups is 2. The molecule has 106 valence electrons. The van der Waals surface area contributed by atoms with Gasteiger partial charge in [0.1, 0.15) is 13.2 Å². The van der Waals surface area contributed by atoms with Gasteiger partial charge in [-0.1, -0.05) is 0 Å². The maximum Gasteiger partial charge on any atom is 0.329 e. The number of rotatable bonds is 7. The van der Waals surface area contributed by atoms with E-state index in [1.54, 1.807) is 13.8 Å². The summed E-state index contributed by atoms with van der Waals surface area (Å²) in [5.41, 5.74) is -0.968. The molecular weight excluding hydrogens is 238 g/mol. The van der Waals surface area contributed by atoms with Crippen molar-refractivity contribution in [2.45, 2.75) is 45.8 Å². The van der Waals surface area contributed by atoms with Crippen molar-refractivity contribution in [3.05, 3.63) is 0 Å². The van der Waals surface area contributed by atoms with Gasteiger partial charge in [-0.15, -0.1) is 0 Å². The smallest absolute Gasteiger partial charge is 0.329 e. The maximum absolute atomic E-state index is 11.4. The molecule has 0 amide bonds. The highest BCUT2D eigenvalue weighted by Crippen LogP contribution is 2.09. The summed E-state index contributed by atoms with van der Waals surface area (Å²) >= 11 is 0. The van der Waals surface area contributed by atoms with Crippen molar-refractivity contribution < 1.29 is 24.2 Å². The van der Waals surface area contributed by atoms with E-state index in [2.05, 4.69) is 5.32 Å². The Morgan fingerprint density at radius 3 is 2.17 bits per heavy atom. The number of nitrogens with one attached hydrogen (secondary N) is 1. The highest BCUT2D eigenvalue weighted by atomic mass is 16.6. The first-order valence-electron chi connectivity index (χ1n) is 5.78. The van der Waals surface area contributed by atoms with E-state index in [1.807, 2.05) is 20.8 Å². The summed E-state index contributed by atoms with van der Waals surface area (Å²) in [6, 6.07) is 0. The normalized spacial score (nSPS) is 12.3. The number of hydrogen-bond acceptors (Lipinski definition) is 5. The van der Waals surface area contributed by atoms with Crippen LogP contribution in [0.3, 0.4) is 0 Å². The maximum atomic E-state index is 11.4. The second-order valence-corrected chi connectivity index (χ2v) is 5.71. The van der Waals surface area contributed by atoms with Crippen molar-refractivity contribution in [1.29, 1.82) is 0 Å². The Labute approximate surface area is 108 Å². The predicted molar refractivity (Wildman–Crippen MR) is 66.4 cm³/mol. The van der Waals surface area contributed by atoms with E-state index in [9.17, 15) is 9.59 Å². The SMILES string of the molecule is CC(C)(C)NCC(=O)OCC(C)(C)OCC(=O)O. The van der Waals surface area contributed by atoms with Crippen molar-refractivity contribution >= 4 is 11.9 Å². The van der Waals surface area contributed by atoms with Crippen LogP contribution in [0.15, 0.2) is 0 Å². The largest absolute Gasteiger partial charge is 0.480 e. The Morgan fingerprint density at radius 2 is 1.72 bits per heavy atom. The third-order valence-electron chi connectivity index (χ3n) is 1.93. The van der Waals surface area contributed by atoms with Crippen molar-refractivity contribution in [2.24, 2.45) is 0 Å². The molecule has 0 aromatic rings. The summed E-state index contributed by atoms with van der Waals surface area (Å²) in [7, 11) is 0. The Bertz CT molecular complexity index is 293. The summed E-state index contributed by atoms with van der Waals surface area (Å²) in [5.74, 6) is -1.44. The monoisotopic (exact) mass is 261 g/mol. The van der Waals surface area contributed by atoms with Gasteiger partial charge in [0, 0.05) is 5.54 Å². The lowest BCUT2D eigenvalue weighted by Gasteiger charge is -2.24. The Morgan fingerprint density at radius 1 is 1.17 bits per heavy atom. The zero-order valence-corrected chi connectivity index (χ0v) is 11.7. The van der Waals surface area contributed by atoms with Gasteiger partial charge in [-0.3, -0.25) is 4.79 Å². The average Bonchev–Trinajstić information content (AvgIpc) is 2.20. The lowest BCUT2D eigenvalue weighted by atomic mass is 10.1. The molecule has 0 aliphatic carbocycles. The molecule has 0 aromatic carbocycles. The second kappa shape index (κ2) is 6.70. The fourth-order valence-corrected chi connectivity index (χ4v) is 0.941. The first-order valence-corrected chi connectivity index (χ1v) is 5.78. The van der Waals surface area contributed by atoms with Crippen LogP contribution in [0, 0.1) is 0 Å². The minimum atomic E-state index is -1.05. The molecule has 6 nitrogen and oxygen atoms in total. The number of aliphatic carboxylic acids is 1. The average molecular weight is 261 g/mol. The number of esters is 1. The summed E-state index contributed by atoms with van der Waals surface area (Å²) < 4.78 is 10.1. The van der Waals surface area contributed by atoms with E-state index in [0.717, 1.165) is 0 Å². The van der Waals surface area contributed by atoms with Crippen LogP contribution >= 0.6 is 0 Å². The van der Waals surface area contributed by atoms with E-state index in [4.69, 9.17) is 14.6 Å². The molecule has 0 atom stereocenters. The van der Waals surface area contributed by atoms with Crippen LogP contribution in [0.25, 0.3) is 0 Å². The summed E-state index contributed by atoms with van der Waals surface area (Å²) in [6.45, 7) is 8.88. The van der Waals surface area contributed by atoms with Crippen LogP contribution < -0.4 is 5.32 Å². The van der Waals surface area contributed by atoms with Crippen LogP contribution in [0.1, 0.15) is 34.6 Å². The van der Waals surface area contributed by atoms with Gasteiger partial charge in [0.05, 0.1) is 12.1 Å². The third kappa shape index (κ3) is 10.0. The fourth-order valence-electron chi connectivity index (χ4n) is 0.941. The summed E-state index contributed by atoms with van der Waals surface area (Å²) in [4.78, 5) is 21.8. The molecule has 6 heteroatoms. The topological polar surface area (TPSA) is 84.9 Å². The lowest BCUT2D eigenvalue weighted by molar-refractivity contribution is -0.159. The van der Waals surface area contributed by atoms with Crippen LogP contribution in [0.4, 0.5) is 0 Å². The molecule has 0 heterocycles. The van der Waals surface area contributed by atoms with E-state index in [-0.39, 0.29) is 18.7 Å². The van der Waals surface area contributed by atoms with Crippen molar-refractivity contribution in [3.63, 3.8) is 0 Å². The molecule has 0 spiro atoms. The van der Waals surface area contributed by atoms with Crippen LogP contribution in [-0.2, 0) is 19.1 Å². The molecule has 0 unspecified atom stereocenters. The van der Waals surface area contributed by atoms with Crippen molar-refractivity contribution in [2.75, 3.05) is 19.8 Å². The molecule has 2 N–H and O–H groups in total. The Kier molecular flexibility index (Phi) is 6.28. The number of ether oxygens (including phenoxy) is 2. The van der Waals surface area contributed by atoms with Gasteiger partial charge in [0.15, 0.2) is 0 Å². The van der Waals surface area contributed by atoms with Crippen LogP contribution in [-0.4, -0.2) is 47.9 Å². The first-order chi connectivity index (χ1) is 8.02. The highest BCUT2D eigenvalue weighted by molar-refractivity contribution is 5.71. The van der Waals surface area contributed by atoms with Gasteiger partial charge in [-0.25, -0.2) is 4.79 Å². The lowest BCUT2D eigenvalue weighted by Crippen LogP contribution is -2.41. The molecule has 0 aliphatic heterocycles. The molecule has 0 aromatic heterocycles. The van der Waals surface area contributed by atoms with Gasteiger partial charge in [0.2, 0.25) is 0 Å². The summed E-state index contributed by atoms with van der Waals surface area (Å²) in [5, 5.41) is 11.5. The van der Waals surface area contributed by atoms with Crippen LogP contribution in [0.5, 0.6) is 0 Å². The van der Waals surface area contributed by atoms with Crippen LogP contribution in [0.2, 0.25) is 0 Å². The molecular formula is C12H23NO5. The quantitative estimate of drug-likeness (QED) is 0.659. The number of carboxylic acid groups (broad SMARTS) is 1. The number of hydrogen-bond donors (Lipinski definition) is 2. The molecule has 18 heavy (non-hydrogen) atoms. The van der Waals surface area contributed by atoms with Crippen molar-refractivity contribution in [3.8, 4) is 0 Å². The first kappa shape index (κ1) is 16.9. The summed E-state index contributed by atoms with van der Waals surface area (Å²) in [6.07, 6.45) is 0. The molecule has 0 saturated heterocycles. The zero-order valence-electron chi connectivity index (χ0n) is 11.7. The van der Waals surface area contributed by atoms with E-state index >= 15 is 0 Å². The fraction of sp³-hybridized carbons (Fsp3) is 0.833.